The Hall–Kier alpha value is -2.30. The van der Waals surface area contributed by atoms with E-state index in [-0.39, 0.29) is 6.61 Å². The second-order valence-corrected chi connectivity index (χ2v) is 4.38. The van der Waals surface area contributed by atoms with Gasteiger partial charge in [-0.05, 0) is 31.5 Å². The number of benzene rings is 1. The van der Waals surface area contributed by atoms with Crippen molar-refractivity contribution in [2.24, 2.45) is 7.05 Å². The van der Waals surface area contributed by atoms with Gasteiger partial charge in [0, 0.05) is 18.3 Å². The number of aryl methyl sites for hydroxylation is 2. The van der Waals surface area contributed by atoms with Crippen molar-refractivity contribution in [1.29, 1.82) is 0 Å². The van der Waals surface area contributed by atoms with Crippen molar-refractivity contribution in [3.05, 3.63) is 35.7 Å². The number of hydrogen-bond donors (Lipinski definition) is 1. The van der Waals surface area contributed by atoms with E-state index in [1.54, 1.807) is 12.1 Å². The molecule has 0 atom stereocenters. The maximum absolute atomic E-state index is 10.4. The van der Waals surface area contributed by atoms with Crippen LogP contribution in [0.2, 0.25) is 0 Å². The second kappa shape index (κ2) is 5.14. The number of aliphatic carboxylic acids is 1. The first-order chi connectivity index (χ1) is 8.99. The van der Waals surface area contributed by atoms with E-state index in [0.29, 0.717) is 5.75 Å². The van der Waals surface area contributed by atoms with E-state index in [1.165, 1.54) is 0 Å². The second-order valence-electron chi connectivity index (χ2n) is 4.38. The Balaban J connectivity index is 2.25. The Bertz CT molecular complexity index is 600. The number of carboxylic acids is 1. The molecule has 0 aliphatic rings. The summed E-state index contributed by atoms with van der Waals surface area (Å²) in [6.45, 7) is 3.66. The summed E-state index contributed by atoms with van der Waals surface area (Å²) in [5.41, 5.74) is 4.22. The molecule has 2 rings (SSSR count). The molecule has 1 heterocycles. The normalized spacial score (nSPS) is 10.5. The van der Waals surface area contributed by atoms with Crippen LogP contribution < -0.4 is 4.74 Å². The minimum atomic E-state index is -0.983. The summed E-state index contributed by atoms with van der Waals surface area (Å²) in [5, 5.41) is 12.9. The summed E-state index contributed by atoms with van der Waals surface area (Å²) in [4.78, 5) is 10.4. The molecule has 100 valence electrons. The molecule has 0 unspecified atom stereocenters. The fraction of sp³-hybridized carbons (Fsp3) is 0.286. The van der Waals surface area contributed by atoms with Gasteiger partial charge in [0.1, 0.15) is 5.75 Å². The summed E-state index contributed by atoms with van der Waals surface area (Å²) >= 11 is 0. The van der Waals surface area contributed by atoms with Crippen molar-refractivity contribution in [2.75, 3.05) is 6.61 Å². The first kappa shape index (κ1) is 13.1. The molecule has 19 heavy (non-hydrogen) atoms. The molecular weight excluding hydrogens is 244 g/mol. The van der Waals surface area contributed by atoms with Gasteiger partial charge in [0.25, 0.3) is 0 Å². The van der Waals surface area contributed by atoms with Gasteiger partial charge >= 0.3 is 5.97 Å². The Kier molecular flexibility index (Phi) is 3.55. The Morgan fingerprint density at radius 1 is 1.32 bits per heavy atom. The highest BCUT2D eigenvalue weighted by Crippen LogP contribution is 2.27. The quantitative estimate of drug-likeness (QED) is 0.915. The SMILES string of the molecule is Cc1nn(C)c(C)c1-c1ccc(OCC(=O)O)cc1. The van der Waals surface area contributed by atoms with E-state index in [9.17, 15) is 4.79 Å². The van der Waals surface area contributed by atoms with Crippen molar-refractivity contribution in [2.45, 2.75) is 13.8 Å². The van der Waals surface area contributed by atoms with E-state index < -0.39 is 5.97 Å². The maximum Gasteiger partial charge on any atom is 0.341 e. The molecule has 0 spiro atoms. The highest BCUT2D eigenvalue weighted by molar-refractivity contribution is 5.70. The van der Waals surface area contributed by atoms with E-state index in [0.717, 1.165) is 22.5 Å². The first-order valence-corrected chi connectivity index (χ1v) is 5.94. The standard InChI is InChI=1S/C14H16N2O3/c1-9-14(10(2)16(3)15-9)11-4-6-12(7-5-11)19-8-13(17)18/h4-7H,8H2,1-3H3,(H,17,18). The lowest BCUT2D eigenvalue weighted by Gasteiger charge is -2.06. The minimum Gasteiger partial charge on any atom is -0.482 e. The van der Waals surface area contributed by atoms with Crippen LogP contribution in [0.4, 0.5) is 0 Å². The van der Waals surface area contributed by atoms with Crippen molar-refractivity contribution in [3.8, 4) is 16.9 Å². The van der Waals surface area contributed by atoms with Gasteiger partial charge in [0.15, 0.2) is 6.61 Å². The van der Waals surface area contributed by atoms with E-state index in [2.05, 4.69) is 5.10 Å². The third-order valence-corrected chi connectivity index (χ3v) is 3.01. The highest BCUT2D eigenvalue weighted by atomic mass is 16.5. The Morgan fingerprint density at radius 2 is 1.95 bits per heavy atom. The number of aromatic nitrogens is 2. The lowest BCUT2D eigenvalue weighted by molar-refractivity contribution is -0.139. The van der Waals surface area contributed by atoms with Gasteiger partial charge in [-0.15, -0.1) is 0 Å². The topological polar surface area (TPSA) is 64.4 Å². The molecule has 5 nitrogen and oxygen atoms in total. The van der Waals surface area contributed by atoms with Crippen molar-refractivity contribution >= 4 is 5.97 Å². The largest absolute Gasteiger partial charge is 0.482 e. The van der Waals surface area contributed by atoms with Crippen LogP contribution in [0.25, 0.3) is 11.1 Å². The maximum atomic E-state index is 10.4. The van der Waals surface area contributed by atoms with Crippen LogP contribution in [0, 0.1) is 13.8 Å². The average Bonchev–Trinajstić information content (AvgIpc) is 2.62. The molecule has 0 bridgehead atoms. The van der Waals surface area contributed by atoms with Gasteiger partial charge in [-0.1, -0.05) is 12.1 Å². The van der Waals surface area contributed by atoms with Gasteiger partial charge in [-0.3, -0.25) is 4.68 Å². The van der Waals surface area contributed by atoms with Gasteiger partial charge in [-0.25, -0.2) is 4.79 Å². The van der Waals surface area contributed by atoms with Crippen molar-refractivity contribution in [1.82, 2.24) is 9.78 Å². The molecule has 1 aromatic heterocycles. The van der Waals surface area contributed by atoms with Gasteiger partial charge in [0.05, 0.1) is 5.69 Å². The number of carboxylic acid groups (broad SMARTS) is 1. The summed E-state index contributed by atoms with van der Waals surface area (Å²) < 4.78 is 6.95. The molecule has 1 aromatic carbocycles. The lowest BCUT2D eigenvalue weighted by Crippen LogP contribution is -2.09. The summed E-state index contributed by atoms with van der Waals surface area (Å²) in [7, 11) is 1.91. The zero-order valence-electron chi connectivity index (χ0n) is 11.2. The number of hydrogen-bond acceptors (Lipinski definition) is 3. The zero-order valence-corrected chi connectivity index (χ0v) is 11.2. The Morgan fingerprint density at radius 3 is 2.42 bits per heavy atom. The number of nitrogens with zero attached hydrogens (tertiary/aromatic N) is 2. The molecule has 0 aliphatic heterocycles. The molecule has 5 heteroatoms. The van der Waals surface area contributed by atoms with E-state index >= 15 is 0 Å². The van der Waals surface area contributed by atoms with E-state index in [1.807, 2.05) is 37.7 Å². The predicted molar refractivity (Wildman–Crippen MR) is 71.2 cm³/mol. The van der Waals surface area contributed by atoms with Crippen molar-refractivity contribution in [3.63, 3.8) is 0 Å². The molecule has 0 saturated carbocycles. The van der Waals surface area contributed by atoms with E-state index in [4.69, 9.17) is 9.84 Å². The molecule has 0 saturated heterocycles. The molecule has 0 fully saturated rings. The predicted octanol–water partition coefficient (Wildman–Crippen LogP) is 2.17. The molecule has 0 aliphatic carbocycles. The average molecular weight is 260 g/mol. The van der Waals surface area contributed by atoms with Gasteiger partial charge in [0.2, 0.25) is 0 Å². The van der Waals surface area contributed by atoms with Crippen LogP contribution in [-0.4, -0.2) is 27.5 Å². The van der Waals surface area contributed by atoms with Crippen molar-refractivity contribution < 1.29 is 14.6 Å². The lowest BCUT2D eigenvalue weighted by atomic mass is 10.0. The third kappa shape index (κ3) is 2.76. The summed E-state index contributed by atoms with van der Waals surface area (Å²) in [6.07, 6.45) is 0. The minimum absolute atomic E-state index is 0.329. The number of carbonyl (C=O) groups is 1. The fourth-order valence-corrected chi connectivity index (χ4v) is 2.05. The molecular formula is C14H16N2O3. The fourth-order valence-electron chi connectivity index (χ4n) is 2.05. The molecule has 0 amide bonds. The third-order valence-electron chi connectivity index (χ3n) is 3.01. The van der Waals surface area contributed by atoms with Gasteiger partial charge < -0.3 is 9.84 Å². The first-order valence-electron chi connectivity index (χ1n) is 5.94. The number of ether oxygens (including phenoxy) is 1. The van der Waals surface area contributed by atoms with Gasteiger partial charge in [-0.2, -0.15) is 5.10 Å². The summed E-state index contributed by atoms with van der Waals surface area (Å²) in [6, 6.07) is 7.36. The molecule has 0 radical (unpaired) electrons. The molecule has 2 aromatic rings. The van der Waals surface area contributed by atoms with Crippen LogP contribution in [0.15, 0.2) is 24.3 Å². The smallest absolute Gasteiger partial charge is 0.341 e. The Labute approximate surface area is 111 Å². The van der Waals surface area contributed by atoms with Crippen LogP contribution in [-0.2, 0) is 11.8 Å². The van der Waals surface area contributed by atoms with Crippen LogP contribution >= 0.6 is 0 Å². The van der Waals surface area contributed by atoms with Crippen LogP contribution in [0.1, 0.15) is 11.4 Å². The zero-order chi connectivity index (χ0) is 14.0. The highest BCUT2D eigenvalue weighted by Gasteiger charge is 2.11. The van der Waals surface area contributed by atoms with Crippen LogP contribution in [0.5, 0.6) is 5.75 Å². The monoisotopic (exact) mass is 260 g/mol. The summed E-state index contributed by atoms with van der Waals surface area (Å²) in [5.74, 6) is -0.437. The molecule has 1 N–H and O–H groups in total. The number of rotatable bonds is 4. The van der Waals surface area contributed by atoms with Crippen LogP contribution in [0.3, 0.4) is 0 Å².